The predicted octanol–water partition coefficient (Wildman–Crippen LogP) is 3.10. The number of amides is 1. The van der Waals surface area contributed by atoms with E-state index in [9.17, 15) is 4.79 Å². The molecule has 0 radical (unpaired) electrons. The number of nitrogens with one attached hydrogen (secondary N) is 1. The summed E-state index contributed by atoms with van der Waals surface area (Å²) >= 11 is 0. The van der Waals surface area contributed by atoms with E-state index in [0.29, 0.717) is 5.56 Å². The van der Waals surface area contributed by atoms with Crippen molar-refractivity contribution < 1.29 is 9.53 Å². The van der Waals surface area contributed by atoms with E-state index in [2.05, 4.69) is 49.4 Å². The maximum atomic E-state index is 12.8. The maximum Gasteiger partial charge on any atom is 0.255 e. The van der Waals surface area contributed by atoms with Gasteiger partial charge in [-0.3, -0.25) is 4.79 Å². The van der Waals surface area contributed by atoms with Crippen LogP contribution in [0, 0.1) is 6.92 Å². The minimum atomic E-state index is -0.137. The molecule has 1 aromatic heterocycles. The molecule has 30 heavy (non-hydrogen) atoms. The molecule has 160 valence electrons. The first-order valence-electron chi connectivity index (χ1n) is 10.9. The average Bonchev–Trinajstić information content (AvgIpc) is 2.80. The number of hydrogen-bond acceptors (Lipinski definition) is 6. The van der Waals surface area contributed by atoms with Crippen LogP contribution in [0.4, 0.5) is 11.6 Å². The van der Waals surface area contributed by atoms with Crippen molar-refractivity contribution in [1.29, 1.82) is 0 Å². The Kier molecular flexibility index (Phi) is 6.47. The van der Waals surface area contributed by atoms with Gasteiger partial charge in [0.15, 0.2) is 0 Å². The number of morpholine rings is 1. The van der Waals surface area contributed by atoms with Crippen LogP contribution in [0.15, 0.2) is 30.5 Å². The fourth-order valence-corrected chi connectivity index (χ4v) is 4.08. The van der Waals surface area contributed by atoms with Crippen LogP contribution in [-0.4, -0.2) is 55.3 Å². The van der Waals surface area contributed by atoms with Gasteiger partial charge in [0.25, 0.3) is 5.91 Å². The summed E-state index contributed by atoms with van der Waals surface area (Å²) in [6.45, 7) is 9.23. The molecule has 2 saturated heterocycles. The average molecular weight is 410 g/mol. The van der Waals surface area contributed by atoms with Crippen molar-refractivity contribution in [2.24, 2.45) is 0 Å². The lowest BCUT2D eigenvalue weighted by atomic mass is 10.1. The van der Waals surface area contributed by atoms with Crippen molar-refractivity contribution in [3.63, 3.8) is 0 Å². The van der Waals surface area contributed by atoms with Gasteiger partial charge in [-0.15, -0.1) is 0 Å². The normalized spacial score (nSPS) is 18.2. The summed E-state index contributed by atoms with van der Waals surface area (Å²) < 4.78 is 5.42. The van der Waals surface area contributed by atoms with Crippen LogP contribution in [-0.2, 0) is 4.74 Å². The van der Waals surface area contributed by atoms with E-state index in [4.69, 9.17) is 4.74 Å². The van der Waals surface area contributed by atoms with E-state index in [1.54, 1.807) is 6.20 Å². The van der Waals surface area contributed by atoms with Gasteiger partial charge < -0.3 is 19.9 Å². The molecule has 2 aliphatic heterocycles. The van der Waals surface area contributed by atoms with Crippen LogP contribution in [0.2, 0.25) is 0 Å². The molecule has 7 heteroatoms. The minimum absolute atomic E-state index is 0.0996. The zero-order valence-corrected chi connectivity index (χ0v) is 17.9. The molecule has 1 amide bonds. The van der Waals surface area contributed by atoms with Crippen LogP contribution in [0.3, 0.4) is 0 Å². The Labute approximate surface area is 178 Å². The zero-order valence-electron chi connectivity index (χ0n) is 17.9. The first-order valence-corrected chi connectivity index (χ1v) is 10.9. The summed E-state index contributed by atoms with van der Waals surface area (Å²) in [6.07, 6.45) is 5.27. The Morgan fingerprint density at radius 3 is 2.40 bits per heavy atom. The fraction of sp³-hybridized carbons (Fsp3) is 0.522. The Bertz CT molecular complexity index is 858. The number of anilines is 2. The standard InChI is InChI=1S/C23H31N5O2/c1-17(19-6-8-20(9-7-19)27-12-14-30-15-13-27)25-22(29)21-16-24-23(26-18(21)2)28-10-4-3-5-11-28/h6-9,16-17H,3-5,10-15H2,1-2H3,(H,25,29)/t17-/m1/s1. The van der Waals surface area contributed by atoms with Gasteiger partial charge in [0.2, 0.25) is 5.95 Å². The summed E-state index contributed by atoms with van der Waals surface area (Å²) in [4.78, 5) is 26.4. The number of carbonyl (C=O) groups excluding carboxylic acids is 1. The third-order valence-electron chi connectivity index (χ3n) is 5.97. The van der Waals surface area contributed by atoms with Crippen molar-refractivity contribution >= 4 is 17.5 Å². The van der Waals surface area contributed by atoms with Crippen molar-refractivity contribution in [2.45, 2.75) is 39.2 Å². The Hall–Kier alpha value is -2.67. The highest BCUT2D eigenvalue weighted by molar-refractivity contribution is 5.95. The Morgan fingerprint density at radius 2 is 1.73 bits per heavy atom. The number of aromatic nitrogens is 2. The first kappa shape index (κ1) is 20.6. The lowest BCUT2D eigenvalue weighted by Gasteiger charge is -2.29. The van der Waals surface area contributed by atoms with Gasteiger partial charge in [-0.2, -0.15) is 0 Å². The number of hydrogen-bond donors (Lipinski definition) is 1. The molecule has 1 aromatic carbocycles. The lowest BCUT2D eigenvalue weighted by molar-refractivity contribution is 0.0938. The van der Waals surface area contributed by atoms with Crippen LogP contribution in [0.25, 0.3) is 0 Å². The van der Waals surface area contributed by atoms with Crippen LogP contribution < -0.4 is 15.1 Å². The topological polar surface area (TPSA) is 70.6 Å². The molecule has 0 spiro atoms. The summed E-state index contributed by atoms with van der Waals surface area (Å²) in [5.74, 6) is 0.595. The monoisotopic (exact) mass is 409 g/mol. The largest absolute Gasteiger partial charge is 0.378 e. The Morgan fingerprint density at radius 1 is 1.03 bits per heavy atom. The summed E-state index contributed by atoms with van der Waals surface area (Å²) in [5, 5.41) is 3.09. The van der Waals surface area contributed by atoms with Crippen LogP contribution >= 0.6 is 0 Å². The highest BCUT2D eigenvalue weighted by atomic mass is 16.5. The highest BCUT2D eigenvalue weighted by Crippen LogP contribution is 2.21. The Balaban J connectivity index is 1.39. The summed E-state index contributed by atoms with van der Waals surface area (Å²) in [7, 11) is 0. The molecule has 0 unspecified atom stereocenters. The molecule has 7 nitrogen and oxygen atoms in total. The van der Waals surface area contributed by atoms with Crippen LogP contribution in [0.1, 0.15) is 53.8 Å². The molecular weight excluding hydrogens is 378 g/mol. The molecule has 0 saturated carbocycles. The third kappa shape index (κ3) is 4.73. The second kappa shape index (κ2) is 9.43. The summed E-state index contributed by atoms with van der Waals surface area (Å²) in [6, 6.07) is 8.30. The van der Waals surface area contributed by atoms with Crippen molar-refractivity contribution in [2.75, 3.05) is 49.2 Å². The molecule has 2 aliphatic rings. The molecule has 3 heterocycles. The van der Waals surface area contributed by atoms with E-state index in [-0.39, 0.29) is 11.9 Å². The van der Waals surface area contributed by atoms with E-state index < -0.39 is 0 Å². The van der Waals surface area contributed by atoms with Gasteiger partial charge in [-0.05, 0) is 50.8 Å². The quantitative estimate of drug-likeness (QED) is 0.818. The second-order valence-corrected chi connectivity index (χ2v) is 8.10. The maximum absolute atomic E-state index is 12.8. The number of piperidine rings is 1. The SMILES string of the molecule is Cc1nc(N2CCCCC2)ncc1C(=O)N[C@H](C)c1ccc(N2CCOCC2)cc1. The molecule has 4 rings (SSSR count). The third-order valence-corrected chi connectivity index (χ3v) is 5.97. The van der Waals surface area contributed by atoms with Gasteiger partial charge in [0, 0.05) is 38.1 Å². The molecule has 2 fully saturated rings. The first-order chi connectivity index (χ1) is 14.6. The summed E-state index contributed by atoms with van der Waals surface area (Å²) in [5.41, 5.74) is 3.52. The number of rotatable bonds is 5. The number of benzene rings is 1. The molecule has 1 atom stereocenters. The van der Waals surface area contributed by atoms with Gasteiger partial charge in [-0.1, -0.05) is 12.1 Å². The van der Waals surface area contributed by atoms with Gasteiger partial charge in [-0.25, -0.2) is 9.97 Å². The van der Waals surface area contributed by atoms with Crippen molar-refractivity contribution in [3.8, 4) is 0 Å². The fourth-order valence-electron chi connectivity index (χ4n) is 4.08. The number of aryl methyl sites for hydroxylation is 1. The smallest absolute Gasteiger partial charge is 0.255 e. The van der Waals surface area contributed by atoms with E-state index in [0.717, 1.165) is 56.6 Å². The van der Waals surface area contributed by atoms with E-state index in [1.165, 1.54) is 24.9 Å². The van der Waals surface area contributed by atoms with Crippen LogP contribution in [0.5, 0.6) is 0 Å². The van der Waals surface area contributed by atoms with Gasteiger partial charge in [0.1, 0.15) is 0 Å². The van der Waals surface area contributed by atoms with E-state index >= 15 is 0 Å². The van der Waals surface area contributed by atoms with Gasteiger partial charge >= 0.3 is 0 Å². The van der Waals surface area contributed by atoms with Crippen molar-refractivity contribution in [1.82, 2.24) is 15.3 Å². The predicted molar refractivity (Wildman–Crippen MR) is 118 cm³/mol. The van der Waals surface area contributed by atoms with Crippen molar-refractivity contribution in [3.05, 3.63) is 47.3 Å². The molecule has 0 aliphatic carbocycles. The molecule has 0 bridgehead atoms. The zero-order chi connectivity index (χ0) is 20.9. The number of nitrogens with zero attached hydrogens (tertiary/aromatic N) is 4. The molecule has 2 aromatic rings. The molecular formula is C23H31N5O2. The number of ether oxygens (including phenoxy) is 1. The van der Waals surface area contributed by atoms with Gasteiger partial charge in [0.05, 0.1) is 30.5 Å². The lowest BCUT2D eigenvalue weighted by Crippen LogP contribution is -2.36. The van der Waals surface area contributed by atoms with E-state index in [1.807, 2.05) is 13.8 Å². The minimum Gasteiger partial charge on any atom is -0.378 e. The molecule has 1 N–H and O–H groups in total. The highest BCUT2D eigenvalue weighted by Gasteiger charge is 2.19. The second-order valence-electron chi connectivity index (χ2n) is 8.10. The number of carbonyl (C=O) groups is 1.